The largest absolute Gasteiger partial charge is 0.376 e. The number of hydrogen-bond donors (Lipinski definition) is 1. The molecule has 0 amide bonds. The van der Waals surface area contributed by atoms with Crippen LogP contribution >= 0.6 is 0 Å². The molecule has 1 N–H and O–H groups in total. The lowest BCUT2D eigenvalue weighted by Gasteiger charge is -2.22. The van der Waals surface area contributed by atoms with E-state index in [1.54, 1.807) is 0 Å². The fraction of sp³-hybridized carbons (Fsp3) is 0.538. The highest BCUT2D eigenvalue weighted by molar-refractivity contribution is 5.39. The van der Waals surface area contributed by atoms with Crippen molar-refractivity contribution >= 4 is 5.69 Å². The summed E-state index contributed by atoms with van der Waals surface area (Å²) in [4.78, 5) is 10.3. The topological polar surface area (TPSA) is 64.4 Å². The van der Waals surface area contributed by atoms with E-state index in [2.05, 4.69) is 5.32 Å². The minimum absolute atomic E-state index is 0.0740. The molecule has 0 aliphatic carbocycles. The summed E-state index contributed by atoms with van der Waals surface area (Å²) in [5.41, 5.74) is 0.192. The lowest BCUT2D eigenvalue weighted by atomic mass is 10.0. The first-order valence-corrected chi connectivity index (χ1v) is 6.38. The zero-order valence-electron chi connectivity index (χ0n) is 10.6. The zero-order chi connectivity index (χ0) is 13.7. The van der Waals surface area contributed by atoms with Crippen LogP contribution in [0.3, 0.4) is 0 Å². The Morgan fingerprint density at radius 1 is 1.53 bits per heavy atom. The molecule has 1 saturated heterocycles. The minimum atomic E-state index is -0.514. The highest BCUT2D eigenvalue weighted by atomic mass is 19.1. The van der Waals surface area contributed by atoms with Crippen LogP contribution in [-0.4, -0.2) is 24.6 Å². The summed E-state index contributed by atoms with van der Waals surface area (Å²) >= 11 is 0. The van der Waals surface area contributed by atoms with Crippen molar-refractivity contribution in [3.05, 3.63) is 39.7 Å². The van der Waals surface area contributed by atoms with Gasteiger partial charge in [0.2, 0.25) is 0 Å². The molecule has 1 aromatic carbocycles. The molecule has 5 nitrogen and oxygen atoms in total. The summed E-state index contributed by atoms with van der Waals surface area (Å²) in [7, 11) is 0. The first kappa shape index (κ1) is 13.9. The van der Waals surface area contributed by atoms with Crippen LogP contribution in [0, 0.1) is 21.8 Å². The second-order valence-corrected chi connectivity index (χ2v) is 4.76. The molecule has 19 heavy (non-hydrogen) atoms. The van der Waals surface area contributed by atoms with Crippen molar-refractivity contribution in [1.29, 1.82) is 0 Å². The Morgan fingerprint density at radius 2 is 2.37 bits per heavy atom. The Labute approximate surface area is 110 Å². The van der Waals surface area contributed by atoms with Crippen LogP contribution in [0.4, 0.5) is 10.1 Å². The Morgan fingerprint density at radius 3 is 3.05 bits per heavy atom. The fourth-order valence-electron chi connectivity index (χ4n) is 2.25. The Kier molecular flexibility index (Phi) is 4.81. The normalized spacial score (nSPS) is 19.3. The van der Waals surface area contributed by atoms with Gasteiger partial charge in [-0.1, -0.05) is 0 Å². The second-order valence-electron chi connectivity index (χ2n) is 4.76. The van der Waals surface area contributed by atoms with Gasteiger partial charge in [-0.3, -0.25) is 10.1 Å². The van der Waals surface area contributed by atoms with E-state index in [-0.39, 0.29) is 17.9 Å². The number of hydrogen-bond acceptors (Lipinski definition) is 4. The average molecular weight is 268 g/mol. The van der Waals surface area contributed by atoms with Gasteiger partial charge in [0.1, 0.15) is 5.82 Å². The van der Waals surface area contributed by atoms with Crippen LogP contribution in [0.15, 0.2) is 18.2 Å². The molecule has 1 aliphatic heterocycles. The van der Waals surface area contributed by atoms with Crippen molar-refractivity contribution in [3.63, 3.8) is 0 Å². The smallest absolute Gasteiger partial charge is 0.275 e. The molecule has 0 saturated carbocycles. The van der Waals surface area contributed by atoms with Crippen LogP contribution < -0.4 is 5.32 Å². The van der Waals surface area contributed by atoms with E-state index in [9.17, 15) is 14.5 Å². The number of nitro benzene ring substituents is 1. The molecule has 1 heterocycles. The minimum Gasteiger partial charge on any atom is -0.376 e. The molecule has 1 aromatic rings. The van der Waals surface area contributed by atoms with Gasteiger partial charge in [0, 0.05) is 12.6 Å². The molecular formula is C13H17FN2O3. The Bertz CT molecular complexity index is 448. The summed E-state index contributed by atoms with van der Waals surface area (Å²) in [6.45, 7) is 2.56. The van der Waals surface area contributed by atoms with Crippen LogP contribution in [0.25, 0.3) is 0 Å². The molecule has 1 unspecified atom stereocenters. The van der Waals surface area contributed by atoms with Crippen molar-refractivity contribution < 1.29 is 14.1 Å². The van der Waals surface area contributed by atoms with Crippen LogP contribution in [0.1, 0.15) is 18.4 Å². The summed E-state index contributed by atoms with van der Waals surface area (Å²) in [6, 6.07) is 3.43. The van der Waals surface area contributed by atoms with Gasteiger partial charge in [-0.05, 0) is 37.4 Å². The molecule has 0 bridgehead atoms. The molecule has 0 spiro atoms. The van der Waals surface area contributed by atoms with Crippen molar-refractivity contribution in [3.8, 4) is 0 Å². The summed E-state index contributed by atoms with van der Waals surface area (Å²) in [6.07, 6.45) is 2.21. The third-order valence-corrected chi connectivity index (χ3v) is 3.25. The molecular weight excluding hydrogens is 251 g/mol. The van der Waals surface area contributed by atoms with E-state index in [4.69, 9.17) is 4.74 Å². The maximum absolute atomic E-state index is 13.1. The number of nitro groups is 1. The van der Waals surface area contributed by atoms with Gasteiger partial charge in [-0.25, -0.2) is 4.39 Å². The Balaban J connectivity index is 1.91. The number of piperidine rings is 1. The van der Waals surface area contributed by atoms with E-state index in [0.29, 0.717) is 12.5 Å². The van der Waals surface area contributed by atoms with E-state index >= 15 is 0 Å². The first-order valence-electron chi connectivity index (χ1n) is 6.38. The third-order valence-electron chi connectivity index (χ3n) is 3.25. The highest BCUT2D eigenvalue weighted by Gasteiger charge is 2.16. The standard InChI is InChI=1S/C13H17FN2O3/c14-12-3-4-13(16(17)18)11(6-12)9-19-8-10-2-1-5-15-7-10/h3-4,6,10,15H,1-2,5,7-9H2. The maximum Gasteiger partial charge on any atom is 0.275 e. The highest BCUT2D eigenvalue weighted by Crippen LogP contribution is 2.21. The zero-order valence-corrected chi connectivity index (χ0v) is 10.6. The van der Waals surface area contributed by atoms with Gasteiger partial charge < -0.3 is 10.1 Å². The number of nitrogens with zero attached hydrogens (tertiary/aromatic N) is 1. The number of ether oxygens (including phenoxy) is 1. The number of halogens is 1. The number of benzene rings is 1. The van der Waals surface area contributed by atoms with Crippen molar-refractivity contribution in [2.45, 2.75) is 19.4 Å². The van der Waals surface area contributed by atoms with Crippen LogP contribution in [0.2, 0.25) is 0 Å². The molecule has 104 valence electrons. The van der Waals surface area contributed by atoms with Crippen molar-refractivity contribution in [2.75, 3.05) is 19.7 Å². The maximum atomic E-state index is 13.1. The van der Waals surface area contributed by atoms with Gasteiger partial charge in [0.05, 0.1) is 23.7 Å². The molecule has 2 rings (SSSR count). The first-order chi connectivity index (χ1) is 9.16. The summed E-state index contributed by atoms with van der Waals surface area (Å²) in [5.74, 6) is -0.0510. The lowest BCUT2D eigenvalue weighted by molar-refractivity contribution is -0.386. The third kappa shape index (κ3) is 3.97. The van der Waals surface area contributed by atoms with Gasteiger partial charge in [0.15, 0.2) is 0 Å². The quantitative estimate of drug-likeness (QED) is 0.657. The van der Waals surface area contributed by atoms with E-state index < -0.39 is 10.7 Å². The van der Waals surface area contributed by atoms with Crippen molar-refractivity contribution in [1.82, 2.24) is 5.32 Å². The number of nitrogens with one attached hydrogen (secondary N) is 1. The summed E-state index contributed by atoms with van der Waals surface area (Å²) in [5, 5.41) is 14.1. The molecule has 0 aromatic heterocycles. The average Bonchev–Trinajstić information content (AvgIpc) is 2.39. The van der Waals surface area contributed by atoms with Gasteiger partial charge in [-0.2, -0.15) is 0 Å². The monoisotopic (exact) mass is 268 g/mol. The van der Waals surface area contributed by atoms with Crippen LogP contribution in [0.5, 0.6) is 0 Å². The SMILES string of the molecule is O=[N+]([O-])c1ccc(F)cc1COCC1CCCNC1. The lowest BCUT2D eigenvalue weighted by Crippen LogP contribution is -2.32. The van der Waals surface area contributed by atoms with Gasteiger partial charge in [-0.15, -0.1) is 0 Å². The molecule has 1 atom stereocenters. The van der Waals surface area contributed by atoms with Crippen molar-refractivity contribution in [2.24, 2.45) is 5.92 Å². The van der Waals surface area contributed by atoms with Gasteiger partial charge in [0.25, 0.3) is 5.69 Å². The number of rotatable bonds is 5. The molecule has 1 aliphatic rings. The van der Waals surface area contributed by atoms with E-state index in [1.165, 1.54) is 6.07 Å². The fourth-order valence-corrected chi connectivity index (χ4v) is 2.25. The van der Waals surface area contributed by atoms with E-state index in [1.807, 2.05) is 0 Å². The van der Waals surface area contributed by atoms with Crippen LogP contribution in [-0.2, 0) is 11.3 Å². The van der Waals surface area contributed by atoms with E-state index in [0.717, 1.165) is 38.1 Å². The Hall–Kier alpha value is -1.53. The predicted octanol–water partition coefficient (Wildman–Crippen LogP) is 2.25. The second kappa shape index (κ2) is 6.58. The molecule has 0 radical (unpaired) electrons. The molecule has 1 fully saturated rings. The summed E-state index contributed by atoms with van der Waals surface area (Å²) < 4.78 is 18.6. The molecule has 6 heteroatoms. The van der Waals surface area contributed by atoms with Gasteiger partial charge >= 0.3 is 0 Å². The predicted molar refractivity (Wildman–Crippen MR) is 68.3 cm³/mol.